The third-order valence-electron chi connectivity index (χ3n) is 4.11. The van der Waals surface area contributed by atoms with Crippen LogP contribution in [0.4, 0.5) is 0 Å². The average molecular weight is 209 g/mol. The quantitative estimate of drug-likeness (QED) is 0.695. The molecule has 0 aromatic rings. The van der Waals surface area contributed by atoms with Crippen molar-refractivity contribution in [3.63, 3.8) is 0 Å². The maximum Gasteiger partial charge on any atom is 0.134 e. The zero-order valence-electron chi connectivity index (χ0n) is 10.2. The highest BCUT2D eigenvalue weighted by Gasteiger charge is 2.39. The Balaban J connectivity index is 2.00. The van der Waals surface area contributed by atoms with Gasteiger partial charge in [0.2, 0.25) is 0 Å². The summed E-state index contributed by atoms with van der Waals surface area (Å²) < 4.78 is 0. The molecule has 86 valence electrons. The second kappa shape index (κ2) is 4.25. The second-order valence-corrected chi connectivity index (χ2v) is 5.82. The first-order valence-corrected chi connectivity index (χ1v) is 6.33. The number of carbonyl (C=O) groups is 1. The monoisotopic (exact) mass is 209 g/mol. The van der Waals surface area contributed by atoms with Gasteiger partial charge in [-0.15, -0.1) is 0 Å². The molecule has 2 fully saturated rings. The van der Waals surface area contributed by atoms with Gasteiger partial charge >= 0.3 is 0 Å². The number of nitrogens with zero attached hydrogens (tertiary/aromatic N) is 1. The lowest BCUT2D eigenvalue weighted by Gasteiger charge is -2.48. The Labute approximate surface area is 93.0 Å². The van der Waals surface area contributed by atoms with Crippen molar-refractivity contribution in [2.75, 3.05) is 13.1 Å². The Morgan fingerprint density at radius 2 is 2.00 bits per heavy atom. The zero-order chi connectivity index (χ0) is 11.0. The van der Waals surface area contributed by atoms with Gasteiger partial charge in [-0.05, 0) is 24.2 Å². The molecular weight excluding hydrogens is 186 g/mol. The lowest BCUT2D eigenvalue weighted by atomic mass is 9.75. The molecule has 2 aliphatic rings. The third-order valence-corrected chi connectivity index (χ3v) is 4.11. The van der Waals surface area contributed by atoms with Gasteiger partial charge in [0.25, 0.3) is 0 Å². The molecule has 1 aliphatic carbocycles. The highest BCUT2D eigenvalue weighted by molar-refractivity contribution is 5.79. The smallest absolute Gasteiger partial charge is 0.134 e. The van der Waals surface area contributed by atoms with Crippen LogP contribution >= 0.6 is 0 Å². The number of Topliss-reactive ketones (excluding diaryl/α,β-unsaturated/α-hetero) is 1. The fourth-order valence-corrected chi connectivity index (χ4v) is 3.20. The highest BCUT2D eigenvalue weighted by Crippen LogP contribution is 2.35. The molecule has 2 heteroatoms. The number of rotatable bonds is 2. The predicted octanol–water partition coefficient (Wildman–Crippen LogP) is 2.33. The molecule has 1 saturated carbocycles. The van der Waals surface area contributed by atoms with E-state index in [0.29, 0.717) is 11.8 Å². The molecule has 1 heterocycles. The lowest BCUT2D eigenvalue weighted by molar-refractivity contribution is -0.125. The zero-order valence-corrected chi connectivity index (χ0v) is 10.2. The van der Waals surface area contributed by atoms with Crippen molar-refractivity contribution in [1.29, 1.82) is 0 Å². The highest BCUT2D eigenvalue weighted by atomic mass is 16.1. The molecule has 0 bridgehead atoms. The maximum absolute atomic E-state index is 11.5. The fourth-order valence-electron chi connectivity index (χ4n) is 3.20. The number of carbonyl (C=O) groups excluding carboxylic acids is 1. The Hall–Kier alpha value is -0.370. The summed E-state index contributed by atoms with van der Waals surface area (Å²) in [6.07, 6.45) is 2.75. The van der Waals surface area contributed by atoms with E-state index in [-0.39, 0.29) is 0 Å². The van der Waals surface area contributed by atoms with Crippen LogP contribution in [0.3, 0.4) is 0 Å². The summed E-state index contributed by atoms with van der Waals surface area (Å²) in [6, 6.07) is 0.558. The topological polar surface area (TPSA) is 20.3 Å². The predicted molar refractivity (Wildman–Crippen MR) is 61.7 cm³/mol. The van der Waals surface area contributed by atoms with Gasteiger partial charge in [-0.2, -0.15) is 0 Å². The van der Waals surface area contributed by atoms with E-state index in [0.717, 1.165) is 37.0 Å². The third kappa shape index (κ3) is 2.25. The van der Waals surface area contributed by atoms with Crippen LogP contribution in [-0.4, -0.2) is 29.8 Å². The maximum atomic E-state index is 11.5. The van der Waals surface area contributed by atoms with Crippen LogP contribution in [0.15, 0.2) is 0 Å². The summed E-state index contributed by atoms with van der Waals surface area (Å²) >= 11 is 0. The lowest BCUT2D eigenvalue weighted by Crippen LogP contribution is -2.56. The summed E-state index contributed by atoms with van der Waals surface area (Å²) in [4.78, 5) is 14.1. The molecule has 2 unspecified atom stereocenters. The van der Waals surface area contributed by atoms with Gasteiger partial charge in [-0.25, -0.2) is 0 Å². The summed E-state index contributed by atoms with van der Waals surface area (Å²) in [6.45, 7) is 9.32. The fraction of sp³-hybridized carbons (Fsp3) is 0.923. The Morgan fingerprint density at radius 1 is 1.33 bits per heavy atom. The van der Waals surface area contributed by atoms with Crippen LogP contribution in [0.1, 0.15) is 40.0 Å². The van der Waals surface area contributed by atoms with E-state index in [1.165, 1.54) is 13.1 Å². The molecule has 2 atom stereocenters. The molecule has 1 aliphatic heterocycles. The minimum atomic E-state index is 0.483. The molecule has 0 spiro atoms. The van der Waals surface area contributed by atoms with E-state index < -0.39 is 0 Å². The summed E-state index contributed by atoms with van der Waals surface area (Å²) in [5.41, 5.74) is 0. The van der Waals surface area contributed by atoms with Crippen LogP contribution in [0.25, 0.3) is 0 Å². The summed E-state index contributed by atoms with van der Waals surface area (Å²) in [5, 5.41) is 0. The van der Waals surface area contributed by atoms with E-state index in [4.69, 9.17) is 0 Å². The van der Waals surface area contributed by atoms with Gasteiger partial charge in [0, 0.05) is 32.0 Å². The van der Waals surface area contributed by atoms with Gasteiger partial charge < -0.3 is 0 Å². The molecule has 2 nitrogen and oxygen atoms in total. The number of hydrogen-bond donors (Lipinski definition) is 0. The second-order valence-electron chi connectivity index (χ2n) is 5.82. The molecule has 1 saturated heterocycles. The number of likely N-dealkylation sites (tertiary alicyclic amines) is 1. The summed E-state index contributed by atoms with van der Waals surface area (Å²) in [7, 11) is 0. The van der Waals surface area contributed by atoms with Crippen LogP contribution in [0.5, 0.6) is 0 Å². The minimum absolute atomic E-state index is 0.483. The first kappa shape index (κ1) is 11.1. The van der Waals surface area contributed by atoms with Crippen molar-refractivity contribution < 1.29 is 4.79 Å². The Morgan fingerprint density at radius 3 is 2.53 bits per heavy atom. The first-order chi connectivity index (χ1) is 7.08. The molecule has 0 aromatic heterocycles. The van der Waals surface area contributed by atoms with Crippen molar-refractivity contribution in [2.45, 2.75) is 46.1 Å². The minimum Gasteiger partial charge on any atom is -0.300 e. The van der Waals surface area contributed by atoms with Gasteiger partial charge in [-0.1, -0.05) is 20.8 Å². The van der Waals surface area contributed by atoms with Crippen molar-refractivity contribution in [3.8, 4) is 0 Å². The number of ketones is 1. The van der Waals surface area contributed by atoms with E-state index in [1.54, 1.807) is 0 Å². The van der Waals surface area contributed by atoms with Crippen molar-refractivity contribution in [3.05, 3.63) is 0 Å². The van der Waals surface area contributed by atoms with E-state index in [9.17, 15) is 4.79 Å². The van der Waals surface area contributed by atoms with E-state index in [1.807, 2.05) is 0 Å². The molecule has 0 amide bonds. The average Bonchev–Trinajstić information content (AvgIpc) is 2.12. The molecule has 0 radical (unpaired) electrons. The molecule has 0 aromatic carbocycles. The standard InChI is InChI=1S/C13H23NO/c1-9(2)12-5-4-11(15)6-13(12)14-7-10(3)8-14/h9-10,12-13H,4-8H2,1-3H3. The van der Waals surface area contributed by atoms with Crippen molar-refractivity contribution in [2.24, 2.45) is 17.8 Å². The van der Waals surface area contributed by atoms with Crippen LogP contribution in [0, 0.1) is 17.8 Å². The van der Waals surface area contributed by atoms with E-state index in [2.05, 4.69) is 25.7 Å². The summed E-state index contributed by atoms with van der Waals surface area (Å²) in [5.74, 6) is 2.79. The first-order valence-electron chi connectivity index (χ1n) is 6.33. The van der Waals surface area contributed by atoms with Crippen molar-refractivity contribution >= 4 is 5.78 Å². The Kier molecular flexibility index (Phi) is 3.15. The van der Waals surface area contributed by atoms with Gasteiger partial charge in [-0.3, -0.25) is 9.69 Å². The van der Waals surface area contributed by atoms with Gasteiger partial charge in [0.05, 0.1) is 0 Å². The van der Waals surface area contributed by atoms with Crippen LogP contribution in [0.2, 0.25) is 0 Å². The van der Waals surface area contributed by atoms with E-state index >= 15 is 0 Å². The van der Waals surface area contributed by atoms with Gasteiger partial charge in [0.1, 0.15) is 5.78 Å². The number of hydrogen-bond acceptors (Lipinski definition) is 2. The Bertz CT molecular complexity index is 243. The normalized spacial score (nSPS) is 34.5. The van der Waals surface area contributed by atoms with Crippen LogP contribution < -0.4 is 0 Å². The molecule has 0 N–H and O–H groups in total. The molecule has 2 rings (SSSR count). The van der Waals surface area contributed by atoms with Crippen molar-refractivity contribution in [1.82, 2.24) is 4.90 Å². The van der Waals surface area contributed by atoms with Crippen LogP contribution in [-0.2, 0) is 4.79 Å². The van der Waals surface area contributed by atoms with Gasteiger partial charge in [0.15, 0.2) is 0 Å². The molecular formula is C13H23NO. The SMILES string of the molecule is CC1CN(C2CC(=O)CCC2C(C)C)C1. The molecule has 15 heavy (non-hydrogen) atoms. The largest absolute Gasteiger partial charge is 0.300 e.